The van der Waals surface area contributed by atoms with Crippen molar-refractivity contribution in [3.8, 4) is 0 Å². The summed E-state index contributed by atoms with van der Waals surface area (Å²) in [7, 11) is 0. The molecule has 0 amide bonds. The van der Waals surface area contributed by atoms with Crippen molar-refractivity contribution >= 4 is 51.5 Å². The summed E-state index contributed by atoms with van der Waals surface area (Å²) >= 11 is 7.22. The number of aliphatic imine (C=N–C) groups is 1. The lowest BCUT2D eigenvalue weighted by Crippen LogP contribution is -2.50. The summed E-state index contributed by atoms with van der Waals surface area (Å²) in [5.74, 6) is 0. The van der Waals surface area contributed by atoms with Gasteiger partial charge in [0.1, 0.15) is 10.5 Å². The van der Waals surface area contributed by atoms with Crippen molar-refractivity contribution in [3.63, 3.8) is 0 Å². The summed E-state index contributed by atoms with van der Waals surface area (Å²) in [5, 5.41) is 12.3. The van der Waals surface area contributed by atoms with Gasteiger partial charge >= 0.3 is 0 Å². The molecule has 0 spiro atoms. The normalized spacial score (nSPS) is 22.1. The molecule has 1 saturated heterocycles. The fourth-order valence-electron chi connectivity index (χ4n) is 3.36. The number of hydroxylamine groups is 2. The van der Waals surface area contributed by atoms with Gasteiger partial charge in [0.05, 0.1) is 10.4 Å². The largest absolute Gasteiger partial charge is 0.303 e. The Morgan fingerprint density at radius 1 is 1.15 bits per heavy atom. The van der Waals surface area contributed by atoms with Gasteiger partial charge in [0.25, 0.3) is 0 Å². The Labute approximate surface area is 162 Å². The zero-order valence-corrected chi connectivity index (χ0v) is 16.2. The first-order valence-electron chi connectivity index (χ1n) is 8.37. The van der Waals surface area contributed by atoms with Crippen LogP contribution in [-0.2, 0) is 0 Å². The van der Waals surface area contributed by atoms with E-state index >= 15 is 0 Å². The molecule has 0 aliphatic carbocycles. The number of hydrogen-bond acceptors (Lipinski definition) is 5. The van der Waals surface area contributed by atoms with E-state index < -0.39 is 0 Å². The average molecular weight is 382 g/mol. The molecule has 0 saturated carbocycles. The highest BCUT2D eigenvalue weighted by atomic mass is 32.2. The minimum Gasteiger partial charge on any atom is -0.303 e. The number of fused-ring (bicyclic) bond motifs is 1. The number of rotatable bonds is 3. The number of hydrogen-bond donors (Lipinski definition) is 1. The molecule has 26 heavy (non-hydrogen) atoms. The minimum atomic E-state index is -0.323. The summed E-state index contributed by atoms with van der Waals surface area (Å²) in [6.07, 6.45) is 3.21. The van der Waals surface area contributed by atoms with Gasteiger partial charge < -0.3 is 4.90 Å². The third kappa shape index (κ3) is 2.94. The van der Waals surface area contributed by atoms with E-state index in [0.717, 1.165) is 26.8 Å². The van der Waals surface area contributed by atoms with Crippen molar-refractivity contribution in [1.82, 2.24) is 5.06 Å². The van der Waals surface area contributed by atoms with Crippen LogP contribution >= 0.6 is 24.0 Å². The van der Waals surface area contributed by atoms with Gasteiger partial charge in [-0.15, -0.1) is 0 Å². The number of benzene rings is 2. The molecule has 2 heterocycles. The number of anilines is 1. The Kier molecular flexibility index (Phi) is 4.34. The molecule has 0 aromatic heterocycles. The molecule has 0 bridgehead atoms. The van der Waals surface area contributed by atoms with Crippen LogP contribution in [-0.4, -0.2) is 31.7 Å². The van der Waals surface area contributed by atoms with Gasteiger partial charge in [-0.05, 0) is 32.0 Å². The van der Waals surface area contributed by atoms with Crippen LogP contribution in [0.5, 0.6) is 0 Å². The quantitative estimate of drug-likeness (QED) is 0.593. The van der Waals surface area contributed by atoms with E-state index in [1.54, 1.807) is 24.2 Å². The molecular weight excluding hydrogens is 362 g/mol. The summed E-state index contributed by atoms with van der Waals surface area (Å²) in [6, 6.07) is 17.9. The van der Waals surface area contributed by atoms with Gasteiger partial charge in [0.15, 0.2) is 0 Å². The van der Waals surface area contributed by atoms with Crippen LogP contribution in [0.25, 0.3) is 5.57 Å². The highest BCUT2D eigenvalue weighted by Crippen LogP contribution is 2.45. The topological polar surface area (TPSA) is 39.1 Å². The first kappa shape index (κ1) is 17.3. The summed E-state index contributed by atoms with van der Waals surface area (Å²) in [5.41, 5.74) is 3.79. The average Bonchev–Trinajstić information content (AvgIpc) is 3.13. The van der Waals surface area contributed by atoms with E-state index in [0.29, 0.717) is 0 Å². The summed E-state index contributed by atoms with van der Waals surface area (Å²) in [6.45, 7) is 4.19. The summed E-state index contributed by atoms with van der Waals surface area (Å²) < 4.78 is 0.470. The van der Waals surface area contributed by atoms with Crippen LogP contribution in [0.2, 0.25) is 0 Å². The number of allylic oxidation sites excluding steroid dienone is 1. The lowest BCUT2D eigenvalue weighted by Gasteiger charge is -2.36. The van der Waals surface area contributed by atoms with Crippen molar-refractivity contribution in [2.45, 2.75) is 24.8 Å². The SMILES string of the molecule is CC1(C)SC(=S)N(c2ccccc2)[C@H]1N(O)C=C1C=Nc2ccccc21. The number of para-hydroxylation sites is 2. The van der Waals surface area contributed by atoms with Gasteiger partial charge in [0, 0.05) is 29.2 Å². The van der Waals surface area contributed by atoms with Crippen molar-refractivity contribution in [3.05, 3.63) is 66.4 Å². The Morgan fingerprint density at radius 2 is 1.85 bits per heavy atom. The van der Waals surface area contributed by atoms with E-state index in [1.165, 1.54) is 5.06 Å². The van der Waals surface area contributed by atoms with Gasteiger partial charge in [0.2, 0.25) is 0 Å². The molecule has 6 heteroatoms. The van der Waals surface area contributed by atoms with Gasteiger partial charge in [-0.25, -0.2) is 5.06 Å². The Morgan fingerprint density at radius 3 is 2.62 bits per heavy atom. The minimum absolute atomic E-state index is 0.284. The smallest absolute Gasteiger partial charge is 0.146 e. The fraction of sp³-hybridized carbons (Fsp3) is 0.200. The molecule has 4 rings (SSSR count). The Balaban J connectivity index is 1.71. The summed E-state index contributed by atoms with van der Waals surface area (Å²) in [4.78, 5) is 6.42. The predicted octanol–water partition coefficient (Wildman–Crippen LogP) is 5.08. The zero-order chi connectivity index (χ0) is 18.3. The second-order valence-electron chi connectivity index (χ2n) is 6.79. The van der Waals surface area contributed by atoms with Crippen LogP contribution in [0.3, 0.4) is 0 Å². The molecule has 1 fully saturated rings. The Bertz CT molecular complexity index is 908. The molecule has 132 valence electrons. The van der Waals surface area contributed by atoms with Gasteiger partial charge in [-0.1, -0.05) is 60.4 Å². The van der Waals surface area contributed by atoms with Crippen molar-refractivity contribution in [2.24, 2.45) is 4.99 Å². The lowest BCUT2D eigenvalue weighted by atomic mass is 10.1. The van der Waals surface area contributed by atoms with Crippen LogP contribution in [0.15, 0.2) is 65.8 Å². The van der Waals surface area contributed by atoms with E-state index in [2.05, 4.69) is 18.8 Å². The van der Waals surface area contributed by atoms with Gasteiger partial charge in [-0.3, -0.25) is 10.2 Å². The third-order valence-electron chi connectivity index (χ3n) is 4.53. The molecule has 2 aliphatic rings. The van der Waals surface area contributed by atoms with Crippen LogP contribution in [0.4, 0.5) is 11.4 Å². The van der Waals surface area contributed by atoms with Crippen molar-refractivity contribution < 1.29 is 5.21 Å². The molecule has 0 radical (unpaired) electrons. The molecule has 2 aromatic carbocycles. The highest BCUT2D eigenvalue weighted by Gasteiger charge is 2.48. The van der Waals surface area contributed by atoms with E-state index in [-0.39, 0.29) is 10.9 Å². The maximum Gasteiger partial charge on any atom is 0.146 e. The first-order valence-corrected chi connectivity index (χ1v) is 9.59. The highest BCUT2D eigenvalue weighted by molar-refractivity contribution is 8.24. The molecular formula is C20H19N3OS2. The predicted molar refractivity (Wildman–Crippen MR) is 113 cm³/mol. The standard InChI is InChI=1S/C20H19N3OS2/c1-20(2)18(23(19(25)26-20)15-8-4-3-5-9-15)22(24)13-14-12-21-17-11-7-6-10-16(14)17/h3-13,18,24H,1-2H3/t18-/m1/s1. The molecule has 0 unspecified atom stereocenters. The van der Waals surface area contributed by atoms with Crippen LogP contribution in [0, 0.1) is 0 Å². The van der Waals surface area contributed by atoms with Crippen molar-refractivity contribution in [1.29, 1.82) is 0 Å². The van der Waals surface area contributed by atoms with Crippen molar-refractivity contribution in [2.75, 3.05) is 4.90 Å². The number of thioether (sulfide) groups is 1. The third-order valence-corrected chi connectivity index (χ3v) is 6.08. The monoisotopic (exact) mass is 381 g/mol. The lowest BCUT2D eigenvalue weighted by molar-refractivity contribution is -0.0816. The first-order chi connectivity index (χ1) is 12.5. The van der Waals surface area contributed by atoms with E-state index in [1.807, 2.05) is 59.5 Å². The zero-order valence-electron chi connectivity index (χ0n) is 14.5. The number of thiocarbonyl (C=S) groups is 1. The number of nitrogens with zero attached hydrogens (tertiary/aromatic N) is 3. The second kappa shape index (κ2) is 6.54. The van der Waals surface area contributed by atoms with Gasteiger partial charge in [-0.2, -0.15) is 0 Å². The molecule has 2 aliphatic heterocycles. The molecule has 1 N–H and O–H groups in total. The van der Waals surface area contributed by atoms with E-state index in [9.17, 15) is 5.21 Å². The Hall–Kier alpha value is -2.15. The molecule has 4 nitrogen and oxygen atoms in total. The molecule has 1 atom stereocenters. The fourth-order valence-corrected chi connectivity index (χ4v) is 5.29. The van der Waals surface area contributed by atoms with Crippen LogP contribution in [0.1, 0.15) is 19.4 Å². The maximum atomic E-state index is 11.0. The van der Waals surface area contributed by atoms with Crippen LogP contribution < -0.4 is 4.90 Å². The van der Waals surface area contributed by atoms with E-state index in [4.69, 9.17) is 12.2 Å². The second-order valence-corrected chi connectivity index (χ2v) is 9.08. The molecule has 2 aromatic rings. The maximum absolute atomic E-state index is 11.0.